The first-order valence-electron chi connectivity index (χ1n) is 9.95. The van der Waals surface area contributed by atoms with Crippen molar-refractivity contribution in [2.24, 2.45) is 7.05 Å². The molecule has 30 heavy (non-hydrogen) atoms. The zero-order valence-electron chi connectivity index (χ0n) is 17.7. The lowest BCUT2D eigenvalue weighted by atomic mass is 10.1. The fourth-order valence-corrected chi connectivity index (χ4v) is 3.64. The minimum atomic E-state index is 0.00149. The van der Waals surface area contributed by atoms with Crippen LogP contribution in [0.5, 0.6) is 0 Å². The highest BCUT2D eigenvalue weighted by molar-refractivity contribution is 5.95. The van der Waals surface area contributed by atoms with Gasteiger partial charge in [0.25, 0.3) is 5.91 Å². The second-order valence-electron chi connectivity index (χ2n) is 7.40. The van der Waals surface area contributed by atoms with Gasteiger partial charge in [-0.3, -0.25) is 4.79 Å². The number of aryl methyl sites for hydroxylation is 1. The molecule has 0 aliphatic rings. The van der Waals surface area contributed by atoms with Crippen LogP contribution >= 0.6 is 0 Å². The topological polar surface area (TPSA) is 54.3 Å². The van der Waals surface area contributed by atoms with E-state index in [-0.39, 0.29) is 5.91 Å². The number of amides is 1. The van der Waals surface area contributed by atoms with E-state index in [1.165, 1.54) is 0 Å². The summed E-state index contributed by atoms with van der Waals surface area (Å²) in [6, 6.07) is 17.8. The molecule has 1 aromatic carbocycles. The molecule has 0 fully saturated rings. The number of aromatic nitrogens is 3. The number of carbonyl (C=O) groups excluding carboxylic acids is 1. The number of fused-ring (bicyclic) bond motifs is 1. The smallest absolute Gasteiger partial charge is 0.253 e. The second kappa shape index (κ2) is 7.99. The highest BCUT2D eigenvalue weighted by atomic mass is 16.2. The van der Waals surface area contributed by atoms with Crippen LogP contribution in [0.1, 0.15) is 17.3 Å². The van der Waals surface area contributed by atoms with Crippen molar-refractivity contribution in [1.29, 1.82) is 0 Å². The first kappa shape index (κ1) is 19.6. The normalized spacial score (nSPS) is 10.9. The molecule has 152 valence electrons. The van der Waals surface area contributed by atoms with E-state index in [0.717, 1.165) is 40.3 Å². The maximum absolute atomic E-state index is 12.1. The van der Waals surface area contributed by atoms with E-state index in [1.807, 2.05) is 48.7 Å². The Bertz CT molecular complexity index is 1180. The van der Waals surface area contributed by atoms with Gasteiger partial charge >= 0.3 is 0 Å². The molecule has 0 aliphatic heterocycles. The fourth-order valence-electron chi connectivity index (χ4n) is 3.64. The van der Waals surface area contributed by atoms with Gasteiger partial charge in [0.1, 0.15) is 11.6 Å². The summed E-state index contributed by atoms with van der Waals surface area (Å²) in [5, 5.41) is 1.07. The lowest BCUT2D eigenvalue weighted by Crippen LogP contribution is -2.21. The molecule has 0 atom stereocenters. The monoisotopic (exact) mass is 399 g/mol. The number of nitrogens with zero attached hydrogens (tertiary/aromatic N) is 5. The van der Waals surface area contributed by atoms with Gasteiger partial charge < -0.3 is 14.4 Å². The molecule has 0 bridgehead atoms. The largest absolute Gasteiger partial charge is 0.345 e. The number of carbonyl (C=O) groups is 1. The number of hydrogen-bond donors (Lipinski definition) is 0. The van der Waals surface area contributed by atoms with Crippen molar-refractivity contribution in [2.75, 3.05) is 25.5 Å². The van der Waals surface area contributed by atoms with Gasteiger partial charge in [0.05, 0.1) is 5.52 Å². The highest BCUT2D eigenvalue weighted by Crippen LogP contribution is 2.30. The van der Waals surface area contributed by atoms with Crippen molar-refractivity contribution in [1.82, 2.24) is 19.4 Å². The minimum Gasteiger partial charge on any atom is -0.345 e. The standard InChI is InChI=1S/C24H25N5O/c1-5-29(22-8-6-7-13-25-22)23-15-21-19(16-26-23)14-20(28(21)4)17-9-11-18(12-10-17)24(30)27(2)3/h6-16H,5H2,1-4H3. The van der Waals surface area contributed by atoms with Gasteiger partial charge in [-0.2, -0.15) is 0 Å². The van der Waals surface area contributed by atoms with Crippen LogP contribution in [-0.4, -0.2) is 46.0 Å². The van der Waals surface area contributed by atoms with Crippen molar-refractivity contribution in [3.8, 4) is 11.3 Å². The third kappa shape index (κ3) is 3.52. The molecule has 0 spiro atoms. The fraction of sp³-hybridized carbons (Fsp3) is 0.208. The van der Waals surface area contributed by atoms with Crippen LogP contribution in [0.15, 0.2) is 67.0 Å². The summed E-state index contributed by atoms with van der Waals surface area (Å²) in [6.07, 6.45) is 3.70. The van der Waals surface area contributed by atoms with E-state index >= 15 is 0 Å². The van der Waals surface area contributed by atoms with E-state index < -0.39 is 0 Å². The molecule has 6 heteroatoms. The Balaban J connectivity index is 1.72. The first-order valence-corrected chi connectivity index (χ1v) is 9.95. The van der Waals surface area contributed by atoms with Crippen LogP contribution in [-0.2, 0) is 7.05 Å². The van der Waals surface area contributed by atoms with Crippen LogP contribution in [0.4, 0.5) is 11.6 Å². The third-order valence-corrected chi connectivity index (χ3v) is 5.26. The highest BCUT2D eigenvalue weighted by Gasteiger charge is 2.14. The molecule has 0 aliphatic carbocycles. The molecule has 0 radical (unpaired) electrons. The van der Waals surface area contributed by atoms with E-state index in [1.54, 1.807) is 25.2 Å². The van der Waals surface area contributed by atoms with E-state index in [9.17, 15) is 4.79 Å². The van der Waals surface area contributed by atoms with Crippen molar-refractivity contribution >= 4 is 28.4 Å². The van der Waals surface area contributed by atoms with Gasteiger partial charge in [-0.25, -0.2) is 9.97 Å². The van der Waals surface area contributed by atoms with Crippen LogP contribution in [0.2, 0.25) is 0 Å². The predicted octanol–water partition coefficient (Wildman–Crippen LogP) is 4.50. The number of benzene rings is 1. The number of hydrogen-bond acceptors (Lipinski definition) is 4. The zero-order valence-corrected chi connectivity index (χ0v) is 17.7. The van der Waals surface area contributed by atoms with Crippen molar-refractivity contribution < 1.29 is 4.79 Å². The lowest BCUT2D eigenvalue weighted by Gasteiger charge is -2.20. The van der Waals surface area contributed by atoms with Crippen LogP contribution in [0, 0.1) is 0 Å². The average Bonchev–Trinajstić information content (AvgIpc) is 3.11. The van der Waals surface area contributed by atoms with Crippen molar-refractivity contribution in [2.45, 2.75) is 6.92 Å². The number of pyridine rings is 2. The summed E-state index contributed by atoms with van der Waals surface area (Å²) in [5.74, 6) is 1.74. The quantitative estimate of drug-likeness (QED) is 0.496. The van der Waals surface area contributed by atoms with E-state index in [4.69, 9.17) is 0 Å². The molecule has 0 N–H and O–H groups in total. The molecule has 3 heterocycles. The lowest BCUT2D eigenvalue weighted by molar-refractivity contribution is 0.0827. The summed E-state index contributed by atoms with van der Waals surface area (Å²) in [7, 11) is 5.57. The maximum Gasteiger partial charge on any atom is 0.253 e. The second-order valence-corrected chi connectivity index (χ2v) is 7.40. The molecule has 3 aromatic heterocycles. The Hall–Kier alpha value is -3.67. The van der Waals surface area contributed by atoms with Crippen molar-refractivity contribution in [3.63, 3.8) is 0 Å². The summed E-state index contributed by atoms with van der Waals surface area (Å²) in [5.41, 5.74) is 3.91. The Labute approximate surface area is 176 Å². The van der Waals surface area contributed by atoms with Gasteiger partial charge in [0, 0.05) is 62.8 Å². The molecule has 0 unspecified atom stereocenters. The Morgan fingerprint density at radius 3 is 2.40 bits per heavy atom. The summed E-state index contributed by atoms with van der Waals surface area (Å²) < 4.78 is 2.16. The van der Waals surface area contributed by atoms with Crippen LogP contribution < -0.4 is 4.90 Å². The SMILES string of the molecule is CCN(c1ccccn1)c1cc2c(cn1)cc(-c1ccc(C(=O)N(C)C)cc1)n2C. The Morgan fingerprint density at radius 1 is 1.00 bits per heavy atom. The summed E-state index contributed by atoms with van der Waals surface area (Å²) in [6.45, 7) is 2.86. The molecular weight excluding hydrogens is 374 g/mol. The van der Waals surface area contributed by atoms with Crippen LogP contribution in [0.3, 0.4) is 0 Å². The van der Waals surface area contributed by atoms with Gasteiger partial charge in [-0.05, 0) is 42.8 Å². The molecule has 0 saturated heterocycles. The maximum atomic E-state index is 12.1. The Kier molecular flexibility index (Phi) is 5.23. The zero-order chi connectivity index (χ0) is 21.3. The molecule has 4 rings (SSSR count). The molecular formula is C24H25N5O. The summed E-state index contributed by atoms with van der Waals surface area (Å²) >= 11 is 0. The third-order valence-electron chi connectivity index (χ3n) is 5.26. The molecule has 4 aromatic rings. The average molecular weight is 399 g/mol. The predicted molar refractivity (Wildman–Crippen MR) is 121 cm³/mol. The van der Waals surface area contributed by atoms with Gasteiger partial charge in [0.15, 0.2) is 0 Å². The van der Waals surface area contributed by atoms with Gasteiger partial charge in [-0.1, -0.05) is 18.2 Å². The number of rotatable bonds is 5. The summed E-state index contributed by atoms with van der Waals surface area (Å²) in [4.78, 5) is 25.0. The van der Waals surface area contributed by atoms with Crippen LogP contribution in [0.25, 0.3) is 22.2 Å². The Morgan fingerprint density at radius 2 is 1.77 bits per heavy atom. The molecule has 1 amide bonds. The molecule has 0 saturated carbocycles. The van der Waals surface area contributed by atoms with Crippen molar-refractivity contribution in [3.05, 3.63) is 72.6 Å². The first-order chi connectivity index (χ1) is 14.5. The van der Waals surface area contributed by atoms with Gasteiger partial charge in [0.2, 0.25) is 0 Å². The van der Waals surface area contributed by atoms with E-state index in [2.05, 4.69) is 45.5 Å². The van der Waals surface area contributed by atoms with Gasteiger partial charge in [-0.15, -0.1) is 0 Å². The minimum absolute atomic E-state index is 0.00149. The molecule has 6 nitrogen and oxygen atoms in total. The van der Waals surface area contributed by atoms with E-state index in [0.29, 0.717) is 5.56 Å². The number of anilines is 2.